The van der Waals surface area contributed by atoms with E-state index >= 15 is 0 Å². The zero-order valence-electron chi connectivity index (χ0n) is 15.4. The molecule has 140 valence electrons. The summed E-state index contributed by atoms with van der Waals surface area (Å²) in [6.07, 6.45) is 0. The van der Waals surface area contributed by atoms with Gasteiger partial charge in [-0.25, -0.2) is 4.79 Å². The minimum atomic E-state index is -0.577. The lowest BCUT2D eigenvalue weighted by atomic mass is 10.0. The summed E-state index contributed by atoms with van der Waals surface area (Å²) in [6, 6.07) is 13.4. The zero-order valence-corrected chi connectivity index (χ0v) is 17.0. The third kappa shape index (κ3) is 4.22. The van der Waals surface area contributed by atoms with E-state index in [9.17, 15) is 9.59 Å². The van der Waals surface area contributed by atoms with E-state index in [1.54, 1.807) is 0 Å². The van der Waals surface area contributed by atoms with Crippen LogP contribution in [0, 0.1) is 13.8 Å². The van der Waals surface area contributed by atoms with Gasteiger partial charge in [-0.15, -0.1) is 0 Å². The van der Waals surface area contributed by atoms with Crippen LogP contribution in [0.15, 0.2) is 46.9 Å². The monoisotopic (exact) mass is 428 g/mol. The largest absolute Gasteiger partial charge is 0.451 e. The number of amides is 1. The summed E-state index contributed by atoms with van der Waals surface area (Å²) in [5.41, 5.74) is 4.50. The number of esters is 1. The number of aryl methyl sites for hydroxylation is 2. The maximum absolute atomic E-state index is 12.3. The Hall–Kier alpha value is -2.60. The summed E-state index contributed by atoms with van der Waals surface area (Å²) in [6.45, 7) is 5.64. The molecule has 0 fully saturated rings. The molecule has 3 aromatic rings. The number of rotatable bonds is 5. The molecule has 0 aliphatic heterocycles. The molecule has 3 rings (SSSR count). The highest BCUT2D eigenvalue weighted by molar-refractivity contribution is 9.10. The number of carbonyl (C=O) groups excluding carboxylic acids is 2. The van der Waals surface area contributed by atoms with Crippen LogP contribution in [0.5, 0.6) is 0 Å². The number of aromatic nitrogens is 1. The molecule has 1 heterocycles. The van der Waals surface area contributed by atoms with Crippen molar-refractivity contribution in [3.05, 3.63) is 69.3 Å². The standard InChI is InChI=1S/C21H21BrN2O3/c1-12-8-9-15(10-13(12)2)14(3)23-18(25)11-27-21(26)20-19(22)16-6-4-5-7-17(16)24-20/h4-10,14,24H,11H2,1-3H3,(H,23,25). The molecule has 2 aromatic carbocycles. The first-order valence-electron chi connectivity index (χ1n) is 8.66. The highest BCUT2D eigenvalue weighted by atomic mass is 79.9. The molecular weight excluding hydrogens is 408 g/mol. The molecule has 0 spiro atoms. The van der Waals surface area contributed by atoms with Gasteiger partial charge in [-0.1, -0.05) is 36.4 Å². The average Bonchev–Trinajstić information content (AvgIpc) is 2.99. The van der Waals surface area contributed by atoms with Crippen molar-refractivity contribution in [1.29, 1.82) is 0 Å². The van der Waals surface area contributed by atoms with Crippen LogP contribution in [0.3, 0.4) is 0 Å². The number of nitrogens with one attached hydrogen (secondary N) is 2. The maximum atomic E-state index is 12.3. The van der Waals surface area contributed by atoms with E-state index in [0.29, 0.717) is 10.2 Å². The van der Waals surface area contributed by atoms with Crippen LogP contribution in [0.2, 0.25) is 0 Å². The van der Waals surface area contributed by atoms with Crippen molar-refractivity contribution in [3.63, 3.8) is 0 Å². The third-order valence-electron chi connectivity index (χ3n) is 4.59. The van der Waals surface area contributed by atoms with Crippen LogP contribution in [0.1, 0.15) is 40.1 Å². The van der Waals surface area contributed by atoms with Gasteiger partial charge in [0.1, 0.15) is 5.69 Å². The van der Waals surface area contributed by atoms with E-state index < -0.39 is 5.97 Å². The molecule has 27 heavy (non-hydrogen) atoms. The van der Waals surface area contributed by atoms with Crippen molar-refractivity contribution < 1.29 is 14.3 Å². The van der Waals surface area contributed by atoms with Gasteiger partial charge in [-0.3, -0.25) is 4.79 Å². The van der Waals surface area contributed by atoms with Gasteiger partial charge in [-0.05, 0) is 59.5 Å². The number of hydrogen-bond donors (Lipinski definition) is 2. The van der Waals surface area contributed by atoms with Gasteiger partial charge >= 0.3 is 5.97 Å². The van der Waals surface area contributed by atoms with Crippen LogP contribution in [-0.4, -0.2) is 23.5 Å². The van der Waals surface area contributed by atoms with Crippen LogP contribution >= 0.6 is 15.9 Å². The fraction of sp³-hybridized carbons (Fsp3) is 0.238. The normalized spacial score (nSPS) is 12.0. The molecule has 0 aliphatic carbocycles. The Morgan fingerprint density at radius 1 is 1.15 bits per heavy atom. The Bertz CT molecular complexity index is 1010. The van der Waals surface area contributed by atoms with E-state index in [2.05, 4.69) is 26.2 Å². The van der Waals surface area contributed by atoms with Crippen molar-refractivity contribution >= 4 is 38.7 Å². The quantitative estimate of drug-likeness (QED) is 0.584. The molecule has 5 nitrogen and oxygen atoms in total. The Kier molecular flexibility index (Phi) is 5.65. The fourth-order valence-corrected chi connectivity index (χ4v) is 3.46. The number of carbonyl (C=O) groups is 2. The first-order chi connectivity index (χ1) is 12.9. The molecule has 1 atom stereocenters. The van der Waals surface area contributed by atoms with Crippen molar-refractivity contribution in [2.45, 2.75) is 26.8 Å². The molecule has 2 N–H and O–H groups in total. The fourth-order valence-electron chi connectivity index (χ4n) is 2.85. The van der Waals surface area contributed by atoms with E-state index in [4.69, 9.17) is 4.74 Å². The summed E-state index contributed by atoms with van der Waals surface area (Å²) >= 11 is 3.41. The van der Waals surface area contributed by atoms with Gasteiger partial charge in [0, 0.05) is 10.9 Å². The Morgan fingerprint density at radius 3 is 2.59 bits per heavy atom. The van der Waals surface area contributed by atoms with Gasteiger partial charge in [-0.2, -0.15) is 0 Å². The second-order valence-electron chi connectivity index (χ2n) is 6.57. The number of H-pyrrole nitrogens is 1. The number of hydrogen-bond acceptors (Lipinski definition) is 3. The van der Waals surface area contributed by atoms with E-state index in [-0.39, 0.29) is 18.6 Å². The number of para-hydroxylation sites is 1. The smallest absolute Gasteiger partial charge is 0.356 e. The number of fused-ring (bicyclic) bond motifs is 1. The Morgan fingerprint density at radius 2 is 1.89 bits per heavy atom. The Balaban J connectivity index is 1.60. The maximum Gasteiger partial charge on any atom is 0.356 e. The predicted octanol–water partition coefficient (Wildman–Crippen LogP) is 4.58. The molecule has 0 bridgehead atoms. The second kappa shape index (κ2) is 7.96. The lowest BCUT2D eigenvalue weighted by Crippen LogP contribution is -2.31. The molecule has 0 aliphatic rings. The van der Waals surface area contributed by atoms with Crippen molar-refractivity contribution in [3.8, 4) is 0 Å². The summed E-state index contributed by atoms with van der Waals surface area (Å²) in [5.74, 6) is -0.923. The first-order valence-corrected chi connectivity index (χ1v) is 9.46. The van der Waals surface area contributed by atoms with Gasteiger partial charge in [0.05, 0.1) is 10.5 Å². The summed E-state index contributed by atoms with van der Waals surface area (Å²) < 4.78 is 5.80. The molecular formula is C21H21BrN2O3. The molecule has 0 saturated carbocycles. The van der Waals surface area contributed by atoms with Crippen LogP contribution in [0.4, 0.5) is 0 Å². The molecule has 0 radical (unpaired) electrons. The van der Waals surface area contributed by atoms with Crippen molar-refractivity contribution in [2.24, 2.45) is 0 Å². The zero-order chi connectivity index (χ0) is 19.6. The van der Waals surface area contributed by atoms with Crippen LogP contribution < -0.4 is 5.32 Å². The van der Waals surface area contributed by atoms with Gasteiger partial charge < -0.3 is 15.0 Å². The predicted molar refractivity (Wildman–Crippen MR) is 109 cm³/mol. The number of halogens is 1. The summed E-state index contributed by atoms with van der Waals surface area (Å²) in [7, 11) is 0. The molecule has 1 amide bonds. The van der Waals surface area contributed by atoms with E-state index in [1.807, 2.05) is 63.2 Å². The number of ether oxygens (including phenoxy) is 1. The molecule has 1 aromatic heterocycles. The topological polar surface area (TPSA) is 71.2 Å². The van der Waals surface area contributed by atoms with Crippen LogP contribution in [-0.2, 0) is 9.53 Å². The van der Waals surface area contributed by atoms with Crippen molar-refractivity contribution in [2.75, 3.05) is 6.61 Å². The highest BCUT2D eigenvalue weighted by Gasteiger charge is 2.19. The van der Waals surface area contributed by atoms with E-state index in [1.165, 1.54) is 11.1 Å². The second-order valence-corrected chi connectivity index (χ2v) is 7.36. The van der Waals surface area contributed by atoms with Crippen molar-refractivity contribution in [1.82, 2.24) is 10.3 Å². The van der Waals surface area contributed by atoms with E-state index in [0.717, 1.165) is 16.5 Å². The summed E-state index contributed by atoms with van der Waals surface area (Å²) in [5, 5.41) is 3.74. The van der Waals surface area contributed by atoms with Crippen LogP contribution in [0.25, 0.3) is 10.9 Å². The van der Waals surface area contributed by atoms with Gasteiger partial charge in [0.15, 0.2) is 6.61 Å². The number of benzene rings is 2. The SMILES string of the molecule is Cc1ccc(C(C)NC(=O)COC(=O)c2[nH]c3ccccc3c2Br)cc1C. The highest BCUT2D eigenvalue weighted by Crippen LogP contribution is 2.28. The van der Waals surface area contributed by atoms with Gasteiger partial charge in [0.2, 0.25) is 0 Å². The molecule has 0 saturated heterocycles. The number of aromatic amines is 1. The molecule has 6 heteroatoms. The third-order valence-corrected chi connectivity index (χ3v) is 5.41. The molecule has 1 unspecified atom stereocenters. The Labute approximate surface area is 166 Å². The lowest BCUT2D eigenvalue weighted by molar-refractivity contribution is -0.124. The minimum absolute atomic E-state index is 0.171. The minimum Gasteiger partial charge on any atom is -0.451 e. The van der Waals surface area contributed by atoms with Gasteiger partial charge in [0.25, 0.3) is 5.91 Å². The first kappa shape index (κ1) is 19.2. The lowest BCUT2D eigenvalue weighted by Gasteiger charge is -2.15. The average molecular weight is 429 g/mol. The summed E-state index contributed by atoms with van der Waals surface area (Å²) in [4.78, 5) is 27.5.